The summed E-state index contributed by atoms with van der Waals surface area (Å²) in [5.74, 6) is -0.0714. The molecule has 5 nitrogen and oxygen atoms in total. The smallest absolute Gasteiger partial charge is 0.176 e. The predicted octanol–water partition coefficient (Wildman–Crippen LogP) is -0.530. The topological polar surface area (TPSA) is 51.8 Å². The molecule has 96 valence electrons. The molecule has 0 saturated carbocycles. The van der Waals surface area contributed by atoms with Crippen LogP contribution in [0.3, 0.4) is 0 Å². The van der Waals surface area contributed by atoms with Gasteiger partial charge in [-0.2, -0.15) is 0 Å². The summed E-state index contributed by atoms with van der Waals surface area (Å²) in [5, 5.41) is 7.01. The minimum absolute atomic E-state index is 0.0670. The summed E-state index contributed by atoms with van der Waals surface area (Å²) in [6.45, 7) is 5.15. The molecule has 0 aliphatic carbocycles. The number of rotatable bonds is 1. The van der Waals surface area contributed by atoms with Gasteiger partial charge in [-0.15, -0.1) is 0 Å². The number of hydrogen-bond donors (Lipinski definition) is 2. The number of piperidine rings is 1. The van der Waals surface area contributed by atoms with Gasteiger partial charge in [0.2, 0.25) is 0 Å². The maximum atomic E-state index is 6.10. The van der Waals surface area contributed by atoms with Gasteiger partial charge in [-0.3, -0.25) is 0 Å². The van der Waals surface area contributed by atoms with Crippen LogP contribution in [0.2, 0.25) is 0 Å². The normalized spacial score (nSPS) is 48.0. The van der Waals surface area contributed by atoms with Crippen molar-refractivity contribution in [1.29, 1.82) is 0 Å². The zero-order chi connectivity index (χ0) is 11.3. The number of fused-ring (bicyclic) bond motifs is 2. The molecule has 4 aliphatic rings. The third kappa shape index (κ3) is 1.43. The largest absolute Gasteiger partial charge is 0.371 e. The Morgan fingerprint density at radius 3 is 2.65 bits per heavy atom. The highest BCUT2D eigenvalue weighted by molar-refractivity contribution is 5.10. The summed E-state index contributed by atoms with van der Waals surface area (Å²) < 4.78 is 18.1. The van der Waals surface area contributed by atoms with Gasteiger partial charge in [0.15, 0.2) is 5.79 Å². The van der Waals surface area contributed by atoms with Gasteiger partial charge >= 0.3 is 0 Å². The van der Waals surface area contributed by atoms with E-state index in [1.54, 1.807) is 0 Å². The fourth-order valence-corrected chi connectivity index (χ4v) is 3.98. The number of nitrogens with one attached hydrogen (secondary N) is 2. The van der Waals surface area contributed by atoms with Crippen molar-refractivity contribution in [2.45, 2.75) is 30.3 Å². The highest BCUT2D eigenvalue weighted by atomic mass is 16.7. The predicted molar refractivity (Wildman–Crippen MR) is 60.7 cm³/mol. The van der Waals surface area contributed by atoms with E-state index in [9.17, 15) is 0 Å². The lowest BCUT2D eigenvalue weighted by Gasteiger charge is -2.47. The average molecular weight is 240 g/mol. The van der Waals surface area contributed by atoms with Gasteiger partial charge in [0, 0.05) is 32.1 Å². The van der Waals surface area contributed by atoms with Crippen LogP contribution in [-0.4, -0.2) is 56.9 Å². The third-order valence-corrected chi connectivity index (χ3v) is 4.79. The van der Waals surface area contributed by atoms with E-state index in [4.69, 9.17) is 14.2 Å². The molecule has 2 N–H and O–H groups in total. The number of ether oxygens (including phenoxy) is 3. The van der Waals surface area contributed by atoms with Crippen LogP contribution in [0.1, 0.15) is 12.8 Å². The molecule has 4 heterocycles. The Hall–Kier alpha value is -0.200. The van der Waals surface area contributed by atoms with Crippen molar-refractivity contribution in [3.05, 3.63) is 0 Å². The highest BCUT2D eigenvalue weighted by Gasteiger charge is 2.61. The van der Waals surface area contributed by atoms with E-state index < -0.39 is 0 Å². The molecule has 0 aromatic heterocycles. The molecule has 4 fully saturated rings. The molecule has 4 saturated heterocycles. The summed E-state index contributed by atoms with van der Waals surface area (Å²) in [5.41, 5.74) is -0.0670. The molecule has 0 aromatic rings. The summed E-state index contributed by atoms with van der Waals surface area (Å²) in [6.07, 6.45) is 2.04. The van der Waals surface area contributed by atoms with Gasteiger partial charge in [-0.05, 0) is 6.42 Å². The van der Waals surface area contributed by atoms with Gasteiger partial charge < -0.3 is 24.8 Å². The maximum Gasteiger partial charge on any atom is 0.176 e. The third-order valence-electron chi connectivity index (χ3n) is 4.79. The first-order valence-corrected chi connectivity index (χ1v) is 6.69. The molecule has 0 aromatic carbocycles. The first-order valence-electron chi connectivity index (χ1n) is 6.69. The molecule has 17 heavy (non-hydrogen) atoms. The van der Waals surface area contributed by atoms with Crippen molar-refractivity contribution in [3.8, 4) is 0 Å². The Morgan fingerprint density at radius 2 is 2.00 bits per heavy atom. The molecule has 3 unspecified atom stereocenters. The molecule has 4 rings (SSSR count). The molecular formula is C12H20N2O3. The van der Waals surface area contributed by atoms with Crippen LogP contribution in [0.15, 0.2) is 0 Å². The SMILES string of the molecule is C1CC2(OCCO2)C(C23CNC(CO2)C3)CN1. The van der Waals surface area contributed by atoms with E-state index in [1.807, 2.05) is 0 Å². The van der Waals surface area contributed by atoms with E-state index in [0.29, 0.717) is 12.0 Å². The fourth-order valence-electron chi connectivity index (χ4n) is 3.98. The second-order valence-corrected chi connectivity index (χ2v) is 5.67. The summed E-state index contributed by atoms with van der Waals surface area (Å²) in [6, 6.07) is 0.537. The van der Waals surface area contributed by atoms with Gasteiger partial charge in [0.1, 0.15) is 0 Å². The Morgan fingerprint density at radius 1 is 1.12 bits per heavy atom. The van der Waals surface area contributed by atoms with Crippen LogP contribution in [0.5, 0.6) is 0 Å². The zero-order valence-electron chi connectivity index (χ0n) is 10.0. The maximum absolute atomic E-state index is 6.10. The quantitative estimate of drug-likeness (QED) is 0.645. The Kier molecular flexibility index (Phi) is 2.30. The summed E-state index contributed by atoms with van der Waals surface area (Å²) in [4.78, 5) is 0. The average Bonchev–Trinajstić information content (AvgIpc) is 3.06. The van der Waals surface area contributed by atoms with E-state index in [-0.39, 0.29) is 11.4 Å². The number of hydrogen-bond acceptors (Lipinski definition) is 5. The standard InChI is InChI=1S/C12H20N2O3/c1-2-13-6-10(12(1)15-3-4-16-12)11-5-9(7-17-11)14-8-11/h9-10,13-14H,1-8H2. The van der Waals surface area contributed by atoms with Crippen molar-refractivity contribution in [1.82, 2.24) is 10.6 Å². The van der Waals surface area contributed by atoms with Crippen molar-refractivity contribution in [3.63, 3.8) is 0 Å². The van der Waals surface area contributed by atoms with Crippen molar-refractivity contribution < 1.29 is 14.2 Å². The molecule has 4 aliphatic heterocycles. The number of morpholine rings is 1. The van der Waals surface area contributed by atoms with Crippen molar-refractivity contribution in [2.75, 3.05) is 39.5 Å². The van der Waals surface area contributed by atoms with E-state index >= 15 is 0 Å². The van der Waals surface area contributed by atoms with Crippen LogP contribution in [-0.2, 0) is 14.2 Å². The second-order valence-electron chi connectivity index (χ2n) is 5.67. The van der Waals surface area contributed by atoms with E-state index in [0.717, 1.165) is 52.3 Å². The molecule has 3 atom stereocenters. The van der Waals surface area contributed by atoms with E-state index in [2.05, 4.69) is 10.6 Å². The Balaban J connectivity index is 1.66. The van der Waals surface area contributed by atoms with Crippen LogP contribution >= 0.6 is 0 Å². The summed E-state index contributed by atoms with van der Waals surface area (Å²) in [7, 11) is 0. The first-order chi connectivity index (χ1) is 8.33. The second kappa shape index (κ2) is 3.65. The van der Waals surface area contributed by atoms with E-state index in [1.165, 1.54) is 0 Å². The molecule has 5 heteroatoms. The lowest BCUT2D eigenvalue weighted by molar-refractivity contribution is -0.249. The van der Waals surface area contributed by atoms with Crippen LogP contribution < -0.4 is 10.6 Å². The summed E-state index contributed by atoms with van der Waals surface area (Å²) >= 11 is 0. The minimum atomic E-state index is -0.383. The van der Waals surface area contributed by atoms with Crippen LogP contribution in [0, 0.1) is 5.92 Å². The lowest BCUT2D eigenvalue weighted by atomic mass is 9.77. The van der Waals surface area contributed by atoms with Crippen LogP contribution in [0.25, 0.3) is 0 Å². The van der Waals surface area contributed by atoms with Crippen molar-refractivity contribution >= 4 is 0 Å². The van der Waals surface area contributed by atoms with Gasteiger partial charge in [0.25, 0.3) is 0 Å². The highest BCUT2D eigenvalue weighted by Crippen LogP contribution is 2.47. The molecular weight excluding hydrogens is 220 g/mol. The van der Waals surface area contributed by atoms with Crippen LogP contribution in [0.4, 0.5) is 0 Å². The fraction of sp³-hybridized carbons (Fsp3) is 1.00. The molecule has 0 radical (unpaired) electrons. The molecule has 1 spiro atoms. The monoisotopic (exact) mass is 240 g/mol. The van der Waals surface area contributed by atoms with Crippen molar-refractivity contribution in [2.24, 2.45) is 5.92 Å². The first kappa shape index (κ1) is 10.7. The Bertz CT molecular complexity index is 301. The van der Waals surface area contributed by atoms with Gasteiger partial charge in [-0.1, -0.05) is 0 Å². The molecule has 2 bridgehead atoms. The molecule has 0 amide bonds. The zero-order valence-corrected chi connectivity index (χ0v) is 10.0. The van der Waals surface area contributed by atoms with Gasteiger partial charge in [0.05, 0.1) is 31.3 Å². The van der Waals surface area contributed by atoms with Gasteiger partial charge in [-0.25, -0.2) is 0 Å². The minimum Gasteiger partial charge on any atom is -0.371 e. The lowest BCUT2D eigenvalue weighted by Crippen LogP contribution is -2.62. The Labute approximate surface area is 101 Å².